The molecule has 2 rings (SSSR count). The quantitative estimate of drug-likeness (QED) is 0.867. The second kappa shape index (κ2) is 6.39. The number of benzene rings is 1. The maximum atomic E-state index is 11.4. The molecule has 1 aromatic carbocycles. The molecule has 20 heavy (non-hydrogen) atoms. The van der Waals surface area contributed by atoms with Crippen LogP contribution in [0.25, 0.3) is 0 Å². The van der Waals surface area contributed by atoms with Crippen molar-refractivity contribution in [1.82, 2.24) is 5.32 Å². The number of thiophene rings is 1. The fourth-order valence-electron chi connectivity index (χ4n) is 1.78. The third kappa shape index (κ3) is 4.15. The van der Waals surface area contributed by atoms with Gasteiger partial charge in [-0.25, -0.2) is 8.42 Å². The lowest BCUT2D eigenvalue weighted by atomic mass is 10.2. The van der Waals surface area contributed by atoms with Gasteiger partial charge in [0.1, 0.15) is 0 Å². The van der Waals surface area contributed by atoms with E-state index in [2.05, 4.69) is 39.6 Å². The molecule has 0 spiro atoms. The summed E-state index contributed by atoms with van der Waals surface area (Å²) < 4.78 is 23.9. The van der Waals surface area contributed by atoms with Crippen LogP contribution in [0.2, 0.25) is 0 Å². The smallest absolute Gasteiger partial charge is 0.175 e. The van der Waals surface area contributed by atoms with Crippen molar-refractivity contribution < 1.29 is 8.42 Å². The third-order valence-corrected chi connectivity index (χ3v) is 5.98. The minimum atomic E-state index is -3.12. The predicted molar refractivity (Wildman–Crippen MR) is 86.8 cm³/mol. The molecule has 6 heteroatoms. The van der Waals surface area contributed by atoms with Gasteiger partial charge in [0.15, 0.2) is 9.84 Å². The van der Waals surface area contributed by atoms with E-state index >= 15 is 0 Å². The van der Waals surface area contributed by atoms with E-state index in [-0.39, 0.29) is 6.04 Å². The first-order chi connectivity index (χ1) is 9.36. The van der Waals surface area contributed by atoms with Gasteiger partial charge in [-0.3, -0.25) is 0 Å². The Hall–Kier alpha value is -0.690. The molecule has 0 saturated heterocycles. The summed E-state index contributed by atoms with van der Waals surface area (Å²) in [5.74, 6) is 0. The molecular formula is C14H16BrNO2S2. The van der Waals surface area contributed by atoms with Gasteiger partial charge in [0.25, 0.3) is 0 Å². The fourth-order valence-corrected chi connectivity index (χ4v) is 3.89. The molecule has 1 heterocycles. The van der Waals surface area contributed by atoms with E-state index in [0.29, 0.717) is 11.4 Å². The molecule has 0 saturated carbocycles. The van der Waals surface area contributed by atoms with Crippen LogP contribution in [0.4, 0.5) is 0 Å². The van der Waals surface area contributed by atoms with E-state index in [0.717, 1.165) is 10.0 Å². The molecule has 0 bridgehead atoms. The maximum Gasteiger partial charge on any atom is 0.175 e. The normalized spacial score (nSPS) is 13.3. The highest BCUT2D eigenvalue weighted by atomic mass is 79.9. The van der Waals surface area contributed by atoms with E-state index in [1.165, 1.54) is 11.1 Å². The Morgan fingerprint density at radius 3 is 2.45 bits per heavy atom. The summed E-state index contributed by atoms with van der Waals surface area (Å²) in [6.07, 6.45) is 1.22. The predicted octanol–water partition coefficient (Wildman–Crippen LogP) is 3.76. The van der Waals surface area contributed by atoms with Crippen molar-refractivity contribution in [2.75, 3.05) is 6.26 Å². The zero-order valence-corrected chi connectivity index (χ0v) is 14.5. The maximum absolute atomic E-state index is 11.4. The minimum Gasteiger partial charge on any atom is -0.305 e. The van der Waals surface area contributed by atoms with Crippen LogP contribution in [0.1, 0.15) is 23.4 Å². The first-order valence-corrected chi connectivity index (χ1v) is 9.69. The number of hydrogen-bond donors (Lipinski definition) is 1. The summed E-state index contributed by atoms with van der Waals surface area (Å²) >= 11 is 5.16. The van der Waals surface area contributed by atoms with Crippen LogP contribution < -0.4 is 5.32 Å². The second-order valence-corrected chi connectivity index (χ2v) is 8.56. The molecule has 3 nitrogen and oxygen atoms in total. The van der Waals surface area contributed by atoms with Crippen LogP contribution in [-0.2, 0) is 16.4 Å². The van der Waals surface area contributed by atoms with Gasteiger partial charge in [0, 0.05) is 33.6 Å². The summed E-state index contributed by atoms with van der Waals surface area (Å²) in [5.41, 5.74) is 1.07. The Balaban J connectivity index is 1.97. The van der Waals surface area contributed by atoms with Crippen molar-refractivity contribution in [1.29, 1.82) is 0 Å². The van der Waals surface area contributed by atoms with E-state index in [4.69, 9.17) is 0 Å². The molecule has 1 aromatic heterocycles. The second-order valence-electron chi connectivity index (χ2n) is 4.69. The van der Waals surface area contributed by atoms with Crippen molar-refractivity contribution in [2.45, 2.75) is 24.4 Å². The zero-order valence-electron chi connectivity index (χ0n) is 11.3. The van der Waals surface area contributed by atoms with E-state index in [1.807, 2.05) is 12.1 Å². The Morgan fingerprint density at radius 2 is 1.95 bits per heavy atom. The summed E-state index contributed by atoms with van der Waals surface area (Å²) in [6, 6.07) is 9.37. The van der Waals surface area contributed by atoms with Crippen LogP contribution in [0.15, 0.2) is 45.1 Å². The molecule has 0 aliphatic heterocycles. The largest absolute Gasteiger partial charge is 0.305 e. The van der Waals surface area contributed by atoms with Crippen molar-refractivity contribution >= 4 is 37.1 Å². The van der Waals surface area contributed by atoms with Gasteiger partial charge in [0.2, 0.25) is 0 Å². The molecule has 1 unspecified atom stereocenters. The van der Waals surface area contributed by atoms with Gasteiger partial charge in [-0.1, -0.05) is 12.1 Å². The van der Waals surface area contributed by atoms with Gasteiger partial charge in [-0.15, -0.1) is 11.3 Å². The molecule has 0 aliphatic carbocycles. The number of rotatable bonds is 5. The highest BCUT2D eigenvalue weighted by molar-refractivity contribution is 9.10. The average Bonchev–Trinajstić information content (AvgIpc) is 2.82. The van der Waals surface area contributed by atoms with Crippen LogP contribution in [0, 0.1) is 0 Å². The Labute approximate surface area is 132 Å². The molecular weight excluding hydrogens is 358 g/mol. The monoisotopic (exact) mass is 373 g/mol. The molecule has 0 aliphatic rings. The molecule has 108 valence electrons. The van der Waals surface area contributed by atoms with Gasteiger partial charge >= 0.3 is 0 Å². The summed E-state index contributed by atoms with van der Waals surface area (Å²) in [7, 11) is -3.12. The first-order valence-electron chi connectivity index (χ1n) is 6.12. The van der Waals surface area contributed by atoms with Crippen molar-refractivity contribution in [2.24, 2.45) is 0 Å². The number of sulfone groups is 1. The van der Waals surface area contributed by atoms with Crippen LogP contribution >= 0.6 is 27.3 Å². The molecule has 0 amide bonds. The Morgan fingerprint density at radius 1 is 1.30 bits per heavy atom. The van der Waals surface area contributed by atoms with Crippen molar-refractivity contribution in [3.63, 3.8) is 0 Å². The standard InChI is InChI=1S/C14H16BrNO2S2/c1-10(14-7-12(15)9-19-14)16-8-11-3-5-13(6-4-11)20(2,17)18/h3-7,9-10,16H,8H2,1-2H3. The zero-order chi connectivity index (χ0) is 14.8. The number of halogens is 1. The van der Waals surface area contributed by atoms with Gasteiger partial charge < -0.3 is 5.32 Å². The molecule has 2 aromatic rings. The van der Waals surface area contributed by atoms with E-state index in [1.54, 1.807) is 23.5 Å². The SMILES string of the molecule is CC(NCc1ccc(S(C)(=O)=O)cc1)c1cc(Br)cs1. The Bertz CT molecular complexity index is 677. The summed E-state index contributed by atoms with van der Waals surface area (Å²) in [5, 5.41) is 5.49. The van der Waals surface area contributed by atoms with Gasteiger partial charge in [-0.05, 0) is 46.6 Å². The minimum absolute atomic E-state index is 0.265. The van der Waals surface area contributed by atoms with E-state index in [9.17, 15) is 8.42 Å². The number of hydrogen-bond acceptors (Lipinski definition) is 4. The fraction of sp³-hybridized carbons (Fsp3) is 0.286. The lowest BCUT2D eigenvalue weighted by Crippen LogP contribution is -2.17. The summed E-state index contributed by atoms with van der Waals surface area (Å²) in [4.78, 5) is 1.63. The third-order valence-electron chi connectivity index (χ3n) is 2.98. The topological polar surface area (TPSA) is 46.2 Å². The molecule has 0 radical (unpaired) electrons. The number of nitrogens with one attached hydrogen (secondary N) is 1. The van der Waals surface area contributed by atoms with E-state index < -0.39 is 9.84 Å². The lowest BCUT2D eigenvalue weighted by Gasteiger charge is -2.12. The highest BCUT2D eigenvalue weighted by Gasteiger charge is 2.09. The first kappa shape index (κ1) is 15.7. The molecule has 0 fully saturated rings. The molecule has 1 N–H and O–H groups in total. The average molecular weight is 374 g/mol. The van der Waals surface area contributed by atoms with Crippen LogP contribution in [0.5, 0.6) is 0 Å². The highest BCUT2D eigenvalue weighted by Crippen LogP contribution is 2.25. The van der Waals surface area contributed by atoms with Crippen molar-refractivity contribution in [3.8, 4) is 0 Å². The lowest BCUT2D eigenvalue weighted by molar-refractivity contribution is 0.582. The van der Waals surface area contributed by atoms with Gasteiger partial charge in [-0.2, -0.15) is 0 Å². The van der Waals surface area contributed by atoms with Crippen LogP contribution in [-0.4, -0.2) is 14.7 Å². The molecule has 1 atom stereocenters. The summed E-state index contributed by atoms with van der Waals surface area (Å²) in [6.45, 7) is 2.82. The van der Waals surface area contributed by atoms with Gasteiger partial charge in [0.05, 0.1) is 4.90 Å². The van der Waals surface area contributed by atoms with Crippen molar-refractivity contribution in [3.05, 3.63) is 50.6 Å². The van der Waals surface area contributed by atoms with Crippen LogP contribution in [0.3, 0.4) is 0 Å². The Kier molecular flexibility index (Phi) is 5.01.